The van der Waals surface area contributed by atoms with E-state index in [4.69, 9.17) is 0 Å². The maximum Gasteiger partial charge on any atom is 0.499 e. The fourth-order valence-electron chi connectivity index (χ4n) is 5.88. The highest BCUT2D eigenvalue weighted by Crippen LogP contribution is 2.43. The molecular weight excluding hydrogens is 435 g/mol. The van der Waals surface area contributed by atoms with E-state index < -0.39 is 18.0 Å². The zero-order chi connectivity index (χ0) is 23.9. The fourth-order valence-corrected chi connectivity index (χ4v) is 5.88. The molecule has 0 amide bonds. The van der Waals surface area contributed by atoms with E-state index in [2.05, 4.69) is 11.7 Å². The molecule has 2 saturated carbocycles. The van der Waals surface area contributed by atoms with Crippen LogP contribution in [0.2, 0.25) is 0 Å². The Morgan fingerprint density at radius 3 is 1.73 bits per heavy atom. The lowest BCUT2D eigenvalue weighted by atomic mass is 9.68. The molecule has 2 fully saturated rings. The summed E-state index contributed by atoms with van der Waals surface area (Å²) < 4.78 is 66.7. The van der Waals surface area contributed by atoms with Gasteiger partial charge in [-0.25, -0.2) is 0 Å². The lowest BCUT2D eigenvalue weighted by Crippen LogP contribution is -2.41. The van der Waals surface area contributed by atoms with Crippen LogP contribution in [0.15, 0.2) is 24.3 Å². The van der Waals surface area contributed by atoms with Crippen LogP contribution in [0.4, 0.5) is 22.0 Å². The highest BCUT2D eigenvalue weighted by atomic mass is 19.4. The van der Waals surface area contributed by atoms with E-state index in [9.17, 15) is 22.0 Å². The van der Waals surface area contributed by atoms with Gasteiger partial charge in [0.05, 0.1) is 0 Å². The van der Waals surface area contributed by atoms with E-state index >= 15 is 0 Å². The predicted octanol–water partition coefficient (Wildman–Crippen LogP) is 9.35. The molecular formula is C27H39F5O. The fraction of sp³-hybridized carbons (Fsp3) is 0.778. The number of ether oxygens (including phenoxy) is 1. The highest BCUT2D eigenvalue weighted by Gasteiger charge is 2.61. The van der Waals surface area contributed by atoms with Crippen molar-refractivity contribution in [3.63, 3.8) is 0 Å². The summed E-state index contributed by atoms with van der Waals surface area (Å²) in [6, 6.07) is 5.58. The number of halogens is 5. The van der Waals surface area contributed by atoms with E-state index in [1.165, 1.54) is 89.2 Å². The minimum absolute atomic E-state index is 0.471. The largest absolute Gasteiger partial charge is 0.499 e. The number of rotatable bonds is 10. The molecule has 2 aliphatic carbocycles. The third-order valence-corrected chi connectivity index (χ3v) is 8.01. The van der Waals surface area contributed by atoms with Crippen LogP contribution < -0.4 is 4.74 Å². The standard InChI is InChI=1S/C27H39F5O/c1-2-3-4-5-20-8-14-23(15-9-20)24-16-10-21(11-17-24)6-7-22-12-18-25(19-13-22)33-27(31,32)26(28,29)30/h12-13,18-21,23-24H,2-11,14-17H2,1H3/t20-,21?,23-,24?. The lowest BCUT2D eigenvalue weighted by molar-refractivity contribution is -0.360. The highest BCUT2D eigenvalue weighted by molar-refractivity contribution is 5.27. The van der Waals surface area contributed by atoms with Gasteiger partial charge in [0, 0.05) is 0 Å². The third kappa shape index (κ3) is 7.85. The molecule has 1 aromatic rings. The Bertz CT molecular complexity index is 683. The molecule has 1 aromatic carbocycles. The Kier molecular flexibility index (Phi) is 9.46. The van der Waals surface area contributed by atoms with Gasteiger partial charge in [0.15, 0.2) is 0 Å². The Morgan fingerprint density at radius 2 is 1.24 bits per heavy atom. The summed E-state index contributed by atoms with van der Waals surface area (Å²) in [5, 5.41) is 0. The van der Waals surface area contributed by atoms with Gasteiger partial charge in [-0.05, 0) is 79.9 Å². The van der Waals surface area contributed by atoms with E-state index in [-0.39, 0.29) is 0 Å². The molecule has 3 rings (SSSR count). The first-order valence-corrected chi connectivity index (χ1v) is 12.9. The van der Waals surface area contributed by atoms with Gasteiger partial charge in [0.25, 0.3) is 0 Å². The number of alkyl halides is 5. The van der Waals surface area contributed by atoms with E-state index in [1.807, 2.05) is 0 Å². The van der Waals surface area contributed by atoms with Crippen molar-refractivity contribution < 1.29 is 26.7 Å². The van der Waals surface area contributed by atoms with Crippen molar-refractivity contribution in [2.45, 2.75) is 109 Å². The van der Waals surface area contributed by atoms with Gasteiger partial charge in [-0.15, -0.1) is 0 Å². The van der Waals surface area contributed by atoms with E-state index in [0.717, 1.165) is 36.2 Å². The van der Waals surface area contributed by atoms with Gasteiger partial charge in [0.2, 0.25) is 0 Å². The minimum atomic E-state index is -5.72. The first-order chi connectivity index (χ1) is 15.7. The van der Waals surface area contributed by atoms with Gasteiger partial charge in [-0.1, -0.05) is 70.4 Å². The van der Waals surface area contributed by atoms with Crippen LogP contribution in [0.3, 0.4) is 0 Å². The van der Waals surface area contributed by atoms with Gasteiger partial charge < -0.3 is 4.74 Å². The van der Waals surface area contributed by atoms with Crippen molar-refractivity contribution in [2.75, 3.05) is 0 Å². The molecule has 0 bridgehead atoms. The number of hydrogen-bond donors (Lipinski definition) is 0. The average molecular weight is 475 g/mol. The maximum absolute atomic E-state index is 13.0. The van der Waals surface area contributed by atoms with Gasteiger partial charge in [-0.2, -0.15) is 22.0 Å². The molecule has 2 aliphatic rings. The summed E-state index contributed by atoms with van der Waals surface area (Å²) in [4.78, 5) is 0. The molecule has 33 heavy (non-hydrogen) atoms. The van der Waals surface area contributed by atoms with Crippen LogP contribution >= 0.6 is 0 Å². The van der Waals surface area contributed by atoms with Crippen LogP contribution in [0.25, 0.3) is 0 Å². The lowest BCUT2D eigenvalue weighted by Gasteiger charge is -2.38. The van der Waals surface area contributed by atoms with E-state index in [1.54, 1.807) is 12.1 Å². The smallest absolute Gasteiger partial charge is 0.426 e. The molecule has 188 valence electrons. The topological polar surface area (TPSA) is 9.23 Å². The monoisotopic (exact) mass is 474 g/mol. The molecule has 1 nitrogen and oxygen atoms in total. The Balaban J connectivity index is 1.35. The van der Waals surface area contributed by atoms with Crippen LogP contribution in [-0.2, 0) is 6.42 Å². The van der Waals surface area contributed by atoms with Crippen LogP contribution in [-0.4, -0.2) is 12.3 Å². The van der Waals surface area contributed by atoms with Crippen LogP contribution in [0.1, 0.15) is 96.0 Å². The SMILES string of the molecule is CCCCC[C@H]1CC[C@H](C2CCC(CCc3ccc(OC(F)(F)C(F)(F)F)cc3)CC2)CC1. The Hall–Kier alpha value is -1.33. The molecule has 0 N–H and O–H groups in total. The number of hydrogen-bond acceptors (Lipinski definition) is 1. The quantitative estimate of drug-likeness (QED) is 0.242. The second-order valence-electron chi connectivity index (χ2n) is 10.4. The normalized spacial score (nSPS) is 26.8. The summed E-state index contributed by atoms with van der Waals surface area (Å²) in [6.07, 6.45) is 7.23. The number of benzene rings is 1. The molecule has 0 atom stereocenters. The van der Waals surface area contributed by atoms with Gasteiger partial charge in [-0.3, -0.25) is 0 Å². The zero-order valence-electron chi connectivity index (χ0n) is 19.8. The van der Waals surface area contributed by atoms with Crippen molar-refractivity contribution in [1.29, 1.82) is 0 Å². The van der Waals surface area contributed by atoms with Crippen molar-refractivity contribution in [3.8, 4) is 5.75 Å². The van der Waals surface area contributed by atoms with Crippen molar-refractivity contribution in [3.05, 3.63) is 29.8 Å². The average Bonchev–Trinajstić information content (AvgIpc) is 2.79. The first kappa shape index (κ1) is 26.3. The van der Waals surface area contributed by atoms with E-state index in [0.29, 0.717) is 5.92 Å². The Labute approximate surface area is 195 Å². The molecule has 6 heteroatoms. The van der Waals surface area contributed by atoms with Crippen molar-refractivity contribution in [2.24, 2.45) is 23.7 Å². The van der Waals surface area contributed by atoms with Crippen molar-refractivity contribution >= 4 is 0 Å². The molecule has 0 saturated heterocycles. The molecule has 0 unspecified atom stereocenters. The molecule has 0 spiro atoms. The summed E-state index contributed by atoms with van der Waals surface area (Å²) in [7, 11) is 0. The predicted molar refractivity (Wildman–Crippen MR) is 121 cm³/mol. The number of unbranched alkanes of at least 4 members (excludes halogenated alkanes) is 2. The molecule has 0 aliphatic heterocycles. The van der Waals surface area contributed by atoms with Gasteiger partial charge >= 0.3 is 12.3 Å². The van der Waals surface area contributed by atoms with Crippen molar-refractivity contribution in [1.82, 2.24) is 0 Å². The zero-order valence-corrected chi connectivity index (χ0v) is 19.8. The Morgan fingerprint density at radius 1 is 0.727 bits per heavy atom. The molecule has 0 aromatic heterocycles. The second-order valence-corrected chi connectivity index (χ2v) is 10.4. The van der Waals surface area contributed by atoms with Crippen LogP contribution in [0, 0.1) is 23.7 Å². The third-order valence-electron chi connectivity index (χ3n) is 8.01. The summed E-state index contributed by atoms with van der Waals surface area (Å²) >= 11 is 0. The summed E-state index contributed by atoms with van der Waals surface area (Å²) in [6.45, 7) is 2.27. The minimum Gasteiger partial charge on any atom is -0.426 e. The summed E-state index contributed by atoms with van der Waals surface area (Å²) in [5.41, 5.74) is 0.946. The van der Waals surface area contributed by atoms with Crippen LogP contribution in [0.5, 0.6) is 5.75 Å². The maximum atomic E-state index is 13.0. The molecule has 0 heterocycles. The second kappa shape index (κ2) is 11.9. The molecule has 0 radical (unpaired) electrons. The first-order valence-electron chi connectivity index (χ1n) is 12.9. The summed E-state index contributed by atoms with van der Waals surface area (Å²) in [5.74, 6) is 2.96. The van der Waals surface area contributed by atoms with Gasteiger partial charge in [0.1, 0.15) is 5.75 Å². The number of aryl methyl sites for hydroxylation is 1.